The van der Waals surface area contributed by atoms with Gasteiger partial charge in [-0.25, -0.2) is 0 Å². The molecule has 4 heteroatoms. The number of ether oxygens (including phenoxy) is 2. The molecular weight excluding hydrogens is 264 g/mol. The minimum Gasteiger partial charge on any atom is -0.491 e. The van der Waals surface area contributed by atoms with Crippen molar-refractivity contribution in [1.82, 2.24) is 4.90 Å². The molecule has 1 aliphatic carbocycles. The van der Waals surface area contributed by atoms with E-state index in [1.807, 2.05) is 6.07 Å². The predicted molar refractivity (Wildman–Crippen MR) is 83.6 cm³/mol. The number of nitrogens with zero attached hydrogens (tertiary/aromatic N) is 1. The number of nitrogens with two attached hydrogens (primary N) is 1. The summed E-state index contributed by atoms with van der Waals surface area (Å²) in [7, 11) is 0. The molecule has 1 aromatic rings. The Bertz CT molecular complexity index is 490. The molecule has 2 aliphatic rings. The van der Waals surface area contributed by atoms with Crippen LogP contribution >= 0.6 is 0 Å². The summed E-state index contributed by atoms with van der Waals surface area (Å²) in [6.07, 6.45) is 2.28. The van der Waals surface area contributed by atoms with Crippen LogP contribution in [0.3, 0.4) is 0 Å². The quantitative estimate of drug-likeness (QED) is 0.923. The van der Waals surface area contributed by atoms with Crippen molar-refractivity contribution in [1.29, 1.82) is 0 Å². The molecule has 1 aromatic carbocycles. The van der Waals surface area contributed by atoms with Crippen molar-refractivity contribution in [2.75, 3.05) is 26.3 Å². The number of fused-ring (bicyclic) bond motifs is 1. The molecule has 21 heavy (non-hydrogen) atoms. The topological polar surface area (TPSA) is 47.7 Å². The van der Waals surface area contributed by atoms with Gasteiger partial charge in [-0.3, -0.25) is 4.90 Å². The van der Waals surface area contributed by atoms with E-state index in [4.69, 9.17) is 15.2 Å². The summed E-state index contributed by atoms with van der Waals surface area (Å²) >= 11 is 0. The predicted octanol–water partition coefficient (Wildman–Crippen LogP) is 2.12. The van der Waals surface area contributed by atoms with Gasteiger partial charge in [0, 0.05) is 25.2 Å². The highest BCUT2D eigenvalue weighted by Gasteiger charge is 2.23. The van der Waals surface area contributed by atoms with Gasteiger partial charge < -0.3 is 15.2 Å². The summed E-state index contributed by atoms with van der Waals surface area (Å²) in [5.74, 6) is 0.938. The van der Waals surface area contributed by atoms with Crippen molar-refractivity contribution in [3.05, 3.63) is 29.3 Å². The Labute approximate surface area is 127 Å². The Balaban J connectivity index is 1.56. The number of rotatable bonds is 4. The van der Waals surface area contributed by atoms with Gasteiger partial charge in [0.2, 0.25) is 0 Å². The van der Waals surface area contributed by atoms with Gasteiger partial charge in [-0.15, -0.1) is 0 Å². The average Bonchev–Trinajstić information content (AvgIpc) is 2.86. The van der Waals surface area contributed by atoms with Gasteiger partial charge in [0.15, 0.2) is 0 Å². The molecule has 0 bridgehead atoms. The van der Waals surface area contributed by atoms with E-state index in [9.17, 15) is 0 Å². The SMILES string of the molecule is CC(C)N1CCOC(COc2ccc3c(c2)CC[C@@H]3N)C1. The van der Waals surface area contributed by atoms with Crippen LogP contribution < -0.4 is 10.5 Å². The van der Waals surface area contributed by atoms with E-state index < -0.39 is 0 Å². The van der Waals surface area contributed by atoms with Crippen LogP contribution in [0.1, 0.15) is 37.4 Å². The standard InChI is InChI=1S/C17H26N2O2/c1-12(2)19-7-8-20-15(10-19)11-21-14-4-5-16-13(9-14)3-6-17(16)18/h4-5,9,12,15,17H,3,6-8,10-11,18H2,1-2H3/t15?,17-/m0/s1. The first-order chi connectivity index (χ1) is 10.1. The molecule has 4 nitrogen and oxygen atoms in total. The Morgan fingerprint density at radius 2 is 2.29 bits per heavy atom. The molecule has 3 rings (SSSR count). The van der Waals surface area contributed by atoms with Gasteiger partial charge >= 0.3 is 0 Å². The van der Waals surface area contributed by atoms with Gasteiger partial charge in [-0.1, -0.05) is 6.07 Å². The summed E-state index contributed by atoms with van der Waals surface area (Å²) < 4.78 is 11.7. The molecule has 2 N–H and O–H groups in total. The van der Waals surface area contributed by atoms with Crippen molar-refractivity contribution in [2.24, 2.45) is 5.73 Å². The summed E-state index contributed by atoms with van der Waals surface area (Å²) in [5.41, 5.74) is 8.69. The number of hydrogen-bond donors (Lipinski definition) is 1. The summed E-state index contributed by atoms with van der Waals surface area (Å²) in [6, 6.07) is 7.07. The number of hydrogen-bond acceptors (Lipinski definition) is 4. The molecule has 0 amide bonds. The lowest BCUT2D eigenvalue weighted by molar-refractivity contribution is -0.0564. The molecule has 0 spiro atoms. The molecule has 2 atom stereocenters. The van der Waals surface area contributed by atoms with E-state index in [0.717, 1.165) is 38.3 Å². The second-order valence-electron chi connectivity index (χ2n) is 6.40. The maximum Gasteiger partial charge on any atom is 0.119 e. The van der Waals surface area contributed by atoms with E-state index in [-0.39, 0.29) is 12.1 Å². The molecule has 1 unspecified atom stereocenters. The molecule has 0 saturated carbocycles. The van der Waals surface area contributed by atoms with Crippen molar-refractivity contribution < 1.29 is 9.47 Å². The molecular formula is C17H26N2O2. The zero-order valence-electron chi connectivity index (χ0n) is 13.0. The van der Waals surface area contributed by atoms with Crippen molar-refractivity contribution in [3.8, 4) is 5.75 Å². The van der Waals surface area contributed by atoms with Crippen LogP contribution in [-0.2, 0) is 11.2 Å². The first-order valence-electron chi connectivity index (χ1n) is 8.00. The lowest BCUT2D eigenvalue weighted by atomic mass is 10.1. The van der Waals surface area contributed by atoms with Crippen LogP contribution in [0.15, 0.2) is 18.2 Å². The third-order valence-corrected chi connectivity index (χ3v) is 4.57. The average molecular weight is 290 g/mol. The van der Waals surface area contributed by atoms with Gasteiger partial charge in [0.1, 0.15) is 18.5 Å². The Morgan fingerprint density at radius 1 is 1.43 bits per heavy atom. The summed E-state index contributed by atoms with van der Waals surface area (Å²) in [5, 5.41) is 0. The van der Waals surface area contributed by atoms with E-state index in [0.29, 0.717) is 12.6 Å². The maximum absolute atomic E-state index is 6.06. The minimum atomic E-state index is 0.164. The van der Waals surface area contributed by atoms with E-state index >= 15 is 0 Å². The second-order valence-corrected chi connectivity index (χ2v) is 6.40. The number of aryl methyl sites for hydroxylation is 1. The van der Waals surface area contributed by atoms with E-state index in [1.54, 1.807) is 0 Å². The Hall–Kier alpha value is -1.10. The Kier molecular flexibility index (Phi) is 4.48. The highest BCUT2D eigenvalue weighted by molar-refractivity contribution is 5.40. The fourth-order valence-corrected chi connectivity index (χ4v) is 3.22. The van der Waals surface area contributed by atoms with Gasteiger partial charge in [-0.2, -0.15) is 0 Å². The maximum atomic E-state index is 6.06. The van der Waals surface area contributed by atoms with Crippen LogP contribution in [0, 0.1) is 0 Å². The molecule has 1 fully saturated rings. The van der Waals surface area contributed by atoms with Crippen molar-refractivity contribution >= 4 is 0 Å². The van der Waals surface area contributed by atoms with Gasteiger partial charge in [0.05, 0.1) is 6.61 Å². The first-order valence-corrected chi connectivity index (χ1v) is 8.00. The molecule has 0 radical (unpaired) electrons. The highest BCUT2D eigenvalue weighted by atomic mass is 16.5. The lowest BCUT2D eigenvalue weighted by Crippen LogP contribution is -2.47. The lowest BCUT2D eigenvalue weighted by Gasteiger charge is -2.35. The molecule has 1 saturated heterocycles. The Morgan fingerprint density at radius 3 is 3.10 bits per heavy atom. The largest absolute Gasteiger partial charge is 0.491 e. The van der Waals surface area contributed by atoms with Crippen LogP contribution in [0.2, 0.25) is 0 Å². The number of benzene rings is 1. The van der Waals surface area contributed by atoms with Gasteiger partial charge in [0.25, 0.3) is 0 Å². The van der Waals surface area contributed by atoms with Crippen LogP contribution in [0.5, 0.6) is 5.75 Å². The van der Waals surface area contributed by atoms with Gasteiger partial charge in [-0.05, 0) is 49.9 Å². The zero-order valence-corrected chi connectivity index (χ0v) is 13.0. The van der Waals surface area contributed by atoms with Crippen molar-refractivity contribution in [2.45, 2.75) is 44.9 Å². The van der Waals surface area contributed by atoms with Crippen LogP contribution in [0.4, 0.5) is 0 Å². The molecule has 1 heterocycles. The normalized spacial score (nSPS) is 26.1. The molecule has 0 aromatic heterocycles. The van der Waals surface area contributed by atoms with E-state index in [2.05, 4.69) is 30.9 Å². The van der Waals surface area contributed by atoms with E-state index in [1.165, 1.54) is 11.1 Å². The highest BCUT2D eigenvalue weighted by Crippen LogP contribution is 2.31. The van der Waals surface area contributed by atoms with Crippen LogP contribution in [-0.4, -0.2) is 43.3 Å². The first kappa shape index (κ1) is 14.8. The fraction of sp³-hybridized carbons (Fsp3) is 0.647. The summed E-state index contributed by atoms with van der Waals surface area (Å²) in [6.45, 7) is 7.84. The minimum absolute atomic E-state index is 0.164. The smallest absolute Gasteiger partial charge is 0.119 e. The third-order valence-electron chi connectivity index (χ3n) is 4.57. The molecule has 1 aliphatic heterocycles. The third kappa shape index (κ3) is 3.39. The summed E-state index contributed by atoms with van der Waals surface area (Å²) in [4.78, 5) is 2.44. The van der Waals surface area contributed by atoms with Crippen molar-refractivity contribution in [3.63, 3.8) is 0 Å². The second kappa shape index (κ2) is 6.34. The monoisotopic (exact) mass is 290 g/mol. The van der Waals surface area contributed by atoms with Crippen LogP contribution in [0.25, 0.3) is 0 Å². The molecule has 116 valence electrons. The fourth-order valence-electron chi connectivity index (χ4n) is 3.22. The zero-order chi connectivity index (χ0) is 14.8. The number of morpholine rings is 1.